The van der Waals surface area contributed by atoms with Gasteiger partial charge in [-0.1, -0.05) is 72.6 Å². The van der Waals surface area contributed by atoms with Crippen molar-refractivity contribution in [2.45, 2.75) is 45.3 Å². The van der Waals surface area contributed by atoms with Gasteiger partial charge in [0.1, 0.15) is 18.4 Å². The topological polar surface area (TPSA) is 86.8 Å². The Morgan fingerprint density at radius 2 is 1.60 bits per heavy atom. The van der Waals surface area contributed by atoms with E-state index in [0.29, 0.717) is 12.0 Å². The molecule has 11 heteroatoms. The lowest BCUT2D eigenvalue weighted by atomic mass is 10.0. The normalized spacial score (nSPS) is 12.8. The van der Waals surface area contributed by atoms with Gasteiger partial charge in [0, 0.05) is 19.0 Å². The number of anilines is 1. The van der Waals surface area contributed by atoms with Crippen LogP contribution in [0.3, 0.4) is 0 Å². The van der Waals surface area contributed by atoms with E-state index >= 15 is 0 Å². The van der Waals surface area contributed by atoms with Gasteiger partial charge in [-0.05, 0) is 54.8 Å². The highest BCUT2D eigenvalue weighted by Crippen LogP contribution is 2.29. The van der Waals surface area contributed by atoms with Crippen LogP contribution >= 0.6 is 23.2 Å². The van der Waals surface area contributed by atoms with Gasteiger partial charge in [-0.25, -0.2) is 12.8 Å². The van der Waals surface area contributed by atoms with Crippen LogP contribution in [0.25, 0.3) is 0 Å². The summed E-state index contributed by atoms with van der Waals surface area (Å²) in [4.78, 5) is 28.9. The van der Waals surface area contributed by atoms with E-state index < -0.39 is 34.3 Å². The Balaban J connectivity index is 2.06. The molecule has 0 aliphatic heterocycles. The van der Waals surface area contributed by atoms with Gasteiger partial charge in [0.05, 0.1) is 22.0 Å². The fourth-order valence-electron chi connectivity index (χ4n) is 4.04. The van der Waals surface area contributed by atoms with Crippen LogP contribution in [0.1, 0.15) is 31.4 Å². The molecule has 0 aliphatic rings. The van der Waals surface area contributed by atoms with E-state index in [2.05, 4.69) is 5.32 Å². The van der Waals surface area contributed by atoms with E-state index in [4.69, 9.17) is 23.2 Å². The molecule has 0 aromatic heterocycles. The van der Waals surface area contributed by atoms with E-state index in [-0.39, 0.29) is 40.6 Å². The van der Waals surface area contributed by atoms with Crippen LogP contribution in [0.15, 0.2) is 72.8 Å². The highest BCUT2D eigenvalue weighted by Gasteiger charge is 2.33. The molecule has 0 bridgehead atoms. The molecular formula is C29H32Cl2FN3O4S. The Bertz CT molecular complexity index is 1420. The van der Waals surface area contributed by atoms with Crippen LogP contribution in [0, 0.1) is 5.82 Å². The average molecular weight is 609 g/mol. The first kappa shape index (κ1) is 31.4. The molecule has 0 unspecified atom stereocenters. The molecule has 2 atom stereocenters. The van der Waals surface area contributed by atoms with Gasteiger partial charge in [0.15, 0.2) is 0 Å². The third-order valence-electron chi connectivity index (χ3n) is 6.41. The van der Waals surface area contributed by atoms with Crippen LogP contribution in [0.5, 0.6) is 0 Å². The van der Waals surface area contributed by atoms with Gasteiger partial charge < -0.3 is 10.2 Å². The zero-order chi connectivity index (χ0) is 29.4. The van der Waals surface area contributed by atoms with Crippen LogP contribution in [-0.2, 0) is 32.6 Å². The Hall–Kier alpha value is -3.14. The van der Waals surface area contributed by atoms with Gasteiger partial charge in [0.25, 0.3) is 0 Å². The molecule has 7 nitrogen and oxygen atoms in total. The van der Waals surface area contributed by atoms with Crippen molar-refractivity contribution in [3.63, 3.8) is 0 Å². The minimum absolute atomic E-state index is 0.0521. The number of nitrogens with one attached hydrogen (secondary N) is 1. The largest absolute Gasteiger partial charge is 0.352 e. The summed E-state index contributed by atoms with van der Waals surface area (Å²) in [5, 5.41) is 3.31. The van der Waals surface area contributed by atoms with Gasteiger partial charge in [-0.3, -0.25) is 13.9 Å². The summed E-state index contributed by atoms with van der Waals surface area (Å²) in [5.41, 5.74) is 1.54. The molecule has 40 heavy (non-hydrogen) atoms. The zero-order valence-electron chi connectivity index (χ0n) is 22.5. The second-order valence-corrected chi connectivity index (χ2v) is 12.3. The van der Waals surface area contributed by atoms with Crippen molar-refractivity contribution in [2.75, 3.05) is 17.1 Å². The van der Waals surface area contributed by atoms with Crippen molar-refractivity contribution in [2.24, 2.45) is 0 Å². The van der Waals surface area contributed by atoms with E-state index in [1.54, 1.807) is 0 Å². The van der Waals surface area contributed by atoms with Crippen molar-refractivity contribution in [3.8, 4) is 0 Å². The third-order valence-corrected chi connectivity index (χ3v) is 8.29. The predicted octanol–water partition coefficient (Wildman–Crippen LogP) is 5.45. The van der Waals surface area contributed by atoms with Crippen LogP contribution in [-0.4, -0.2) is 50.0 Å². The molecule has 3 aromatic carbocycles. The van der Waals surface area contributed by atoms with E-state index in [0.717, 1.165) is 16.1 Å². The lowest BCUT2D eigenvalue weighted by Gasteiger charge is -2.34. The molecular weight excluding hydrogens is 576 g/mol. The van der Waals surface area contributed by atoms with Crippen molar-refractivity contribution in [1.29, 1.82) is 0 Å². The van der Waals surface area contributed by atoms with Gasteiger partial charge in [-0.15, -0.1) is 0 Å². The number of hydrogen-bond donors (Lipinski definition) is 1. The fourth-order valence-corrected chi connectivity index (χ4v) is 5.17. The van der Waals surface area contributed by atoms with Gasteiger partial charge >= 0.3 is 0 Å². The smallest absolute Gasteiger partial charge is 0.244 e. The summed E-state index contributed by atoms with van der Waals surface area (Å²) in [6, 6.07) is 17.9. The SMILES string of the molecule is CC[C@@H](C)NC(=O)[C@@H](Cc1ccccc1)N(Cc1ccc(F)cc1)C(=O)CN(c1ccc(Cl)c(Cl)c1)S(C)(=O)=O. The highest BCUT2D eigenvalue weighted by molar-refractivity contribution is 7.92. The van der Waals surface area contributed by atoms with Gasteiger partial charge in [0.2, 0.25) is 21.8 Å². The molecule has 214 valence electrons. The fraction of sp³-hybridized carbons (Fsp3) is 0.310. The first-order valence-corrected chi connectivity index (χ1v) is 15.3. The number of benzene rings is 3. The lowest BCUT2D eigenvalue weighted by Crippen LogP contribution is -2.54. The number of carbonyl (C=O) groups excluding carboxylic acids is 2. The molecule has 3 rings (SSSR count). The molecule has 0 fully saturated rings. The van der Waals surface area contributed by atoms with Crippen LogP contribution in [0.4, 0.5) is 10.1 Å². The van der Waals surface area contributed by atoms with Crippen molar-refractivity contribution >= 4 is 50.7 Å². The molecule has 0 saturated carbocycles. The van der Waals surface area contributed by atoms with Crippen molar-refractivity contribution in [1.82, 2.24) is 10.2 Å². The third kappa shape index (κ3) is 8.68. The summed E-state index contributed by atoms with van der Waals surface area (Å²) in [7, 11) is -3.95. The van der Waals surface area contributed by atoms with Gasteiger partial charge in [-0.2, -0.15) is 0 Å². The molecule has 0 saturated heterocycles. The van der Waals surface area contributed by atoms with Crippen molar-refractivity contribution in [3.05, 3.63) is 99.8 Å². The second-order valence-electron chi connectivity index (χ2n) is 9.54. The molecule has 0 radical (unpaired) electrons. The quantitative estimate of drug-likeness (QED) is 0.296. The Morgan fingerprint density at radius 3 is 2.17 bits per heavy atom. The number of halogens is 3. The first-order valence-electron chi connectivity index (χ1n) is 12.7. The summed E-state index contributed by atoms with van der Waals surface area (Å²) in [6.07, 6.45) is 1.83. The van der Waals surface area contributed by atoms with Crippen molar-refractivity contribution < 1.29 is 22.4 Å². The predicted molar refractivity (Wildman–Crippen MR) is 157 cm³/mol. The van der Waals surface area contributed by atoms with Crippen LogP contribution in [0.2, 0.25) is 10.0 Å². The molecule has 3 aromatic rings. The molecule has 2 amide bonds. The summed E-state index contributed by atoms with van der Waals surface area (Å²) < 4.78 is 40.2. The maximum atomic E-state index is 14.0. The van der Waals surface area contributed by atoms with E-state index in [1.165, 1.54) is 47.4 Å². The maximum Gasteiger partial charge on any atom is 0.244 e. The number of hydrogen-bond acceptors (Lipinski definition) is 4. The number of sulfonamides is 1. The Labute approximate surface area is 244 Å². The van der Waals surface area contributed by atoms with E-state index in [1.807, 2.05) is 44.2 Å². The monoisotopic (exact) mass is 607 g/mol. The summed E-state index contributed by atoms with van der Waals surface area (Å²) >= 11 is 12.2. The summed E-state index contributed by atoms with van der Waals surface area (Å²) in [5.74, 6) is -1.45. The van der Waals surface area contributed by atoms with E-state index in [9.17, 15) is 22.4 Å². The number of rotatable bonds is 12. The maximum absolute atomic E-state index is 14.0. The summed E-state index contributed by atoms with van der Waals surface area (Å²) in [6.45, 7) is 3.14. The minimum Gasteiger partial charge on any atom is -0.352 e. The molecule has 0 heterocycles. The average Bonchev–Trinajstić information content (AvgIpc) is 2.91. The zero-order valence-corrected chi connectivity index (χ0v) is 24.8. The second kappa shape index (κ2) is 14.0. The standard InChI is InChI=1S/C29H32Cl2FN3O4S/c1-4-20(2)33-29(37)27(16-21-8-6-5-7-9-21)34(18-22-10-12-23(32)13-11-22)28(36)19-35(40(3,38)39)24-14-15-25(30)26(31)17-24/h5-15,17,20,27H,4,16,18-19H2,1-3H3,(H,33,37)/t20-,27-/m1/s1. The molecule has 0 aliphatic carbocycles. The lowest BCUT2D eigenvalue weighted by molar-refractivity contribution is -0.140. The Morgan fingerprint density at radius 1 is 0.950 bits per heavy atom. The van der Waals surface area contributed by atoms with Crippen LogP contribution < -0.4 is 9.62 Å². The number of amides is 2. The first-order chi connectivity index (χ1) is 18.9. The minimum atomic E-state index is -3.95. The molecule has 1 N–H and O–H groups in total. The molecule has 0 spiro atoms. The number of carbonyl (C=O) groups is 2. The Kier molecular flexibility index (Phi) is 11.0. The number of nitrogens with zero attached hydrogens (tertiary/aromatic N) is 2. The highest BCUT2D eigenvalue weighted by atomic mass is 35.5.